The average Bonchev–Trinajstić information content (AvgIpc) is 2.30. The van der Waals surface area contributed by atoms with Crippen molar-refractivity contribution in [3.63, 3.8) is 0 Å². The molecule has 0 bridgehead atoms. The third-order valence-corrected chi connectivity index (χ3v) is 2.78. The van der Waals surface area contributed by atoms with Crippen LogP contribution >= 0.6 is 0 Å². The Labute approximate surface area is 99.0 Å². The Morgan fingerprint density at radius 3 is 2.65 bits per heavy atom. The van der Waals surface area contributed by atoms with Crippen LogP contribution in [-0.4, -0.2) is 35.4 Å². The molecule has 0 aliphatic carbocycles. The lowest BCUT2D eigenvalue weighted by molar-refractivity contribution is 0.0695. The lowest BCUT2D eigenvalue weighted by Crippen LogP contribution is -2.38. The fraction of sp³-hybridized carbons (Fsp3) is 0.417. The van der Waals surface area contributed by atoms with Crippen LogP contribution in [0.3, 0.4) is 0 Å². The largest absolute Gasteiger partial charge is 0.508 e. The Hall–Kier alpha value is -1.75. The van der Waals surface area contributed by atoms with Crippen LogP contribution in [0.4, 0.5) is 0 Å². The quantitative estimate of drug-likeness (QED) is 0.717. The van der Waals surface area contributed by atoms with Gasteiger partial charge >= 0.3 is 0 Å². The van der Waals surface area contributed by atoms with E-state index in [1.165, 1.54) is 12.1 Å². The van der Waals surface area contributed by atoms with Gasteiger partial charge < -0.3 is 20.3 Å². The second-order valence-electron chi connectivity index (χ2n) is 4.06. The van der Waals surface area contributed by atoms with Gasteiger partial charge in [-0.3, -0.25) is 4.79 Å². The number of aromatic hydroxyl groups is 2. The fourth-order valence-corrected chi connectivity index (χ4v) is 1.82. The van der Waals surface area contributed by atoms with Crippen molar-refractivity contribution >= 4 is 5.91 Å². The second kappa shape index (κ2) is 5.05. The molecular formula is C12H15NO4. The SMILES string of the molecule is O=C(NC1CCOCC1)c1ccc(O)cc1O. The van der Waals surface area contributed by atoms with Gasteiger partial charge in [0.05, 0.1) is 5.56 Å². The van der Waals surface area contributed by atoms with E-state index in [-0.39, 0.29) is 29.0 Å². The topological polar surface area (TPSA) is 78.8 Å². The monoisotopic (exact) mass is 237 g/mol. The maximum Gasteiger partial charge on any atom is 0.255 e. The molecule has 1 fully saturated rings. The van der Waals surface area contributed by atoms with Crippen molar-refractivity contribution in [2.45, 2.75) is 18.9 Å². The molecule has 0 spiro atoms. The third kappa shape index (κ3) is 2.88. The number of amides is 1. The normalized spacial score (nSPS) is 16.7. The molecule has 92 valence electrons. The van der Waals surface area contributed by atoms with Crippen molar-refractivity contribution < 1.29 is 19.7 Å². The average molecular weight is 237 g/mol. The Kier molecular flexibility index (Phi) is 3.49. The highest BCUT2D eigenvalue weighted by Gasteiger charge is 2.18. The lowest BCUT2D eigenvalue weighted by atomic mass is 10.1. The molecule has 1 amide bonds. The molecular weight excluding hydrogens is 222 g/mol. The summed E-state index contributed by atoms with van der Waals surface area (Å²) in [6.45, 7) is 1.29. The summed E-state index contributed by atoms with van der Waals surface area (Å²) in [6.07, 6.45) is 1.56. The van der Waals surface area contributed by atoms with Gasteiger partial charge in [0.25, 0.3) is 5.91 Å². The first-order chi connectivity index (χ1) is 8.16. The van der Waals surface area contributed by atoms with E-state index < -0.39 is 0 Å². The number of benzene rings is 1. The smallest absolute Gasteiger partial charge is 0.255 e. The zero-order valence-corrected chi connectivity index (χ0v) is 9.35. The first kappa shape index (κ1) is 11.7. The molecule has 0 atom stereocenters. The molecule has 1 aliphatic rings. The second-order valence-corrected chi connectivity index (χ2v) is 4.06. The van der Waals surface area contributed by atoms with Crippen LogP contribution in [0.15, 0.2) is 18.2 Å². The maximum absolute atomic E-state index is 11.9. The Morgan fingerprint density at radius 2 is 2.00 bits per heavy atom. The summed E-state index contributed by atoms with van der Waals surface area (Å²) in [4.78, 5) is 11.9. The highest BCUT2D eigenvalue weighted by molar-refractivity contribution is 5.97. The number of carbonyl (C=O) groups excluding carboxylic acids is 1. The molecule has 5 nitrogen and oxygen atoms in total. The van der Waals surface area contributed by atoms with Gasteiger partial charge in [0.2, 0.25) is 0 Å². The molecule has 1 saturated heterocycles. The van der Waals surface area contributed by atoms with E-state index >= 15 is 0 Å². The molecule has 1 aromatic rings. The number of phenolic OH excluding ortho intramolecular Hbond substituents is 2. The van der Waals surface area contributed by atoms with Gasteiger partial charge in [-0.05, 0) is 25.0 Å². The van der Waals surface area contributed by atoms with Crippen LogP contribution in [0.1, 0.15) is 23.2 Å². The summed E-state index contributed by atoms with van der Waals surface area (Å²) >= 11 is 0. The predicted molar refractivity (Wildman–Crippen MR) is 61.1 cm³/mol. The van der Waals surface area contributed by atoms with Gasteiger partial charge in [0.15, 0.2) is 0 Å². The Bertz CT molecular complexity index is 413. The lowest BCUT2D eigenvalue weighted by Gasteiger charge is -2.23. The highest BCUT2D eigenvalue weighted by Crippen LogP contribution is 2.22. The molecule has 2 rings (SSSR count). The number of hydrogen-bond acceptors (Lipinski definition) is 4. The first-order valence-corrected chi connectivity index (χ1v) is 5.57. The molecule has 1 aromatic carbocycles. The maximum atomic E-state index is 11.9. The molecule has 5 heteroatoms. The van der Waals surface area contributed by atoms with Gasteiger partial charge in [-0.15, -0.1) is 0 Å². The van der Waals surface area contributed by atoms with Gasteiger partial charge in [0.1, 0.15) is 11.5 Å². The van der Waals surface area contributed by atoms with Crippen LogP contribution in [-0.2, 0) is 4.74 Å². The molecule has 0 unspecified atom stereocenters. The van der Waals surface area contributed by atoms with Crippen molar-refractivity contribution in [1.82, 2.24) is 5.32 Å². The predicted octanol–water partition coefficient (Wildman–Crippen LogP) is 1.01. The number of phenols is 2. The van der Waals surface area contributed by atoms with Crippen LogP contribution in [0.25, 0.3) is 0 Å². The first-order valence-electron chi connectivity index (χ1n) is 5.57. The summed E-state index contributed by atoms with van der Waals surface area (Å²) in [7, 11) is 0. The van der Waals surface area contributed by atoms with Crippen molar-refractivity contribution in [2.24, 2.45) is 0 Å². The van der Waals surface area contributed by atoms with E-state index in [0.717, 1.165) is 18.9 Å². The van der Waals surface area contributed by atoms with Crippen molar-refractivity contribution in [3.05, 3.63) is 23.8 Å². The standard InChI is InChI=1S/C12H15NO4/c14-9-1-2-10(11(15)7-9)12(16)13-8-3-5-17-6-4-8/h1-2,7-8,14-15H,3-6H2,(H,13,16). The van der Waals surface area contributed by atoms with Crippen molar-refractivity contribution in [2.75, 3.05) is 13.2 Å². The third-order valence-electron chi connectivity index (χ3n) is 2.78. The van der Waals surface area contributed by atoms with Crippen molar-refractivity contribution in [1.29, 1.82) is 0 Å². The molecule has 3 N–H and O–H groups in total. The minimum absolute atomic E-state index is 0.0647. The van der Waals surface area contributed by atoms with E-state index in [1.807, 2.05) is 0 Å². The summed E-state index contributed by atoms with van der Waals surface area (Å²) in [6, 6.07) is 4.01. The molecule has 17 heavy (non-hydrogen) atoms. The van der Waals surface area contributed by atoms with Gasteiger partial charge in [-0.1, -0.05) is 0 Å². The minimum Gasteiger partial charge on any atom is -0.508 e. The zero-order valence-electron chi connectivity index (χ0n) is 9.35. The van der Waals surface area contributed by atoms with E-state index in [2.05, 4.69) is 5.32 Å². The molecule has 0 saturated carbocycles. The van der Waals surface area contributed by atoms with Crippen LogP contribution in [0.5, 0.6) is 11.5 Å². The molecule has 1 aliphatic heterocycles. The van der Waals surface area contributed by atoms with Crippen LogP contribution < -0.4 is 5.32 Å². The Balaban J connectivity index is 2.03. The summed E-state index contributed by atoms with van der Waals surface area (Å²) in [5.41, 5.74) is 0.175. The van der Waals surface area contributed by atoms with Gasteiger partial charge in [0, 0.05) is 25.3 Å². The molecule has 0 aromatic heterocycles. The minimum atomic E-state index is -0.325. The van der Waals surface area contributed by atoms with Gasteiger partial charge in [-0.25, -0.2) is 0 Å². The van der Waals surface area contributed by atoms with Crippen molar-refractivity contribution in [3.8, 4) is 11.5 Å². The number of ether oxygens (including phenoxy) is 1. The summed E-state index contributed by atoms with van der Waals surface area (Å²) < 4.78 is 5.19. The summed E-state index contributed by atoms with van der Waals surface area (Å²) in [5.74, 6) is -0.603. The van der Waals surface area contributed by atoms with E-state index in [0.29, 0.717) is 13.2 Å². The molecule has 0 radical (unpaired) electrons. The number of nitrogens with one attached hydrogen (secondary N) is 1. The van der Waals surface area contributed by atoms with E-state index in [4.69, 9.17) is 9.84 Å². The highest BCUT2D eigenvalue weighted by atomic mass is 16.5. The fourth-order valence-electron chi connectivity index (χ4n) is 1.82. The number of rotatable bonds is 2. The van der Waals surface area contributed by atoms with Crippen LogP contribution in [0, 0.1) is 0 Å². The van der Waals surface area contributed by atoms with Crippen LogP contribution in [0.2, 0.25) is 0 Å². The van der Waals surface area contributed by atoms with E-state index in [1.54, 1.807) is 0 Å². The molecule has 1 heterocycles. The summed E-state index contributed by atoms with van der Waals surface area (Å²) in [5, 5.41) is 21.5. The number of hydrogen-bond donors (Lipinski definition) is 3. The zero-order chi connectivity index (χ0) is 12.3. The van der Waals surface area contributed by atoms with E-state index in [9.17, 15) is 9.90 Å². The van der Waals surface area contributed by atoms with Gasteiger partial charge in [-0.2, -0.15) is 0 Å². The Morgan fingerprint density at radius 1 is 1.29 bits per heavy atom. The number of carbonyl (C=O) groups is 1.